The van der Waals surface area contributed by atoms with Crippen molar-refractivity contribution in [2.24, 2.45) is 0 Å². The monoisotopic (exact) mass is 881 g/mol. The average Bonchev–Trinajstić information content (AvgIpc) is 3.89. The summed E-state index contributed by atoms with van der Waals surface area (Å²) >= 11 is 0. The summed E-state index contributed by atoms with van der Waals surface area (Å²) in [6, 6.07) is 62.5. The molecule has 0 saturated carbocycles. The molecule has 0 atom stereocenters. The Morgan fingerprint density at radius 3 is 1.35 bits per heavy atom. The Bertz CT molecular complexity index is 3860. The normalized spacial score (nSPS) is 11.4. The number of pyridine rings is 1. The van der Waals surface area contributed by atoms with Crippen LogP contribution < -0.4 is 0 Å². The second-order valence-electron chi connectivity index (χ2n) is 16.3. The van der Waals surface area contributed by atoms with Crippen molar-refractivity contribution < 1.29 is 13.2 Å². The molecule has 0 radical (unpaired) electrons. The zero-order valence-corrected chi connectivity index (χ0v) is 35.6. The zero-order valence-electron chi connectivity index (χ0n) is 35.6. The number of fused-ring (bicyclic) bond motifs is 6. The van der Waals surface area contributed by atoms with Crippen molar-refractivity contribution in [1.82, 2.24) is 14.1 Å². The van der Waals surface area contributed by atoms with Gasteiger partial charge in [-0.2, -0.15) is 34.2 Å². The highest BCUT2D eigenvalue weighted by atomic mass is 19.4. The van der Waals surface area contributed by atoms with E-state index < -0.39 is 11.7 Å². The maximum atomic E-state index is 15.7. The summed E-state index contributed by atoms with van der Waals surface area (Å²) in [6.45, 7) is 0. The number of alkyl halides is 3. The number of hydrogen-bond acceptors (Lipinski definition) is 5. The van der Waals surface area contributed by atoms with Crippen LogP contribution in [0.5, 0.6) is 0 Å². The molecule has 0 saturated heterocycles. The number of nitriles is 4. The van der Waals surface area contributed by atoms with Gasteiger partial charge in [-0.05, 0) is 107 Å². The van der Waals surface area contributed by atoms with Crippen molar-refractivity contribution in [1.29, 1.82) is 21.0 Å². The van der Waals surface area contributed by atoms with Crippen LogP contribution in [-0.2, 0) is 6.18 Å². The SMILES string of the molecule is N#Cc1ccc(-c2ccc3c(c2)c2ccccc2n3-c2cc(C(F)(F)F)cc(-n3c4ccccc4c4cc(-c5ccc(C#N)cc5C#N)ccc43)c2-c2cccc(-c3ccccc3)n2)c(C#N)c1. The summed E-state index contributed by atoms with van der Waals surface area (Å²) in [5, 5.41) is 42.4. The van der Waals surface area contributed by atoms with E-state index in [1.807, 2.05) is 143 Å². The van der Waals surface area contributed by atoms with Gasteiger partial charge >= 0.3 is 6.18 Å². The van der Waals surface area contributed by atoms with Crippen LogP contribution in [-0.4, -0.2) is 14.1 Å². The Balaban J connectivity index is 1.26. The number of benzene rings is 8. The molecule has 0 bridgehead atoms. The van der Waals surface area contributed by atoms with Crippen LogP contribution in [0.25, 0.3) is 99.8 Å². The van der Waals surface area contributed by atoms with E-state index in [4.69, 9.17) is 4.98 Å². The van der Waals surface area contributed by atoms with E-state index in [9.17, 15) is 21.0 Å². The highest BCUT2D eigenvalue weighted by Crippen LogP contribution is 2.46. The molecule has 0 spiro atoms. The lowest BCUT2D eigenvalue weighted by atomic mass is 9.97. The Morgan fingerprint density at radius 1 is 0.397 bits per heavy atom. The molecular weight excluding hydrogens is 852 g/mol. The van der Waals surface area contributed by atoms with Gasteiger partial charge < -0.3 is 9.13 Å². The van der Waals surface area contributed by atoms with Crippen LogP contribution in [0.4, 0.5) is 13.2 Å². The average molecular weight is 882 g/mol. The fourth-order valence-electron chi connectivity index (χ4n) is 9.45. The number of nitrogens with zero attached hydrogens (tertiary/aromatic N) is 7. The van der Waals surface area contributed by atoms with E-state index in [1.54, 1.807) is 36.4 Å². The van der Waals surface area contributed by atoms with Crippen molar-refractivity contribution in [3.63, 3.8) is 0 Å². The second kappa shape index (κ2) is 16.1. The van der Waals surface area contributed by atoms with Gasteiger partial charge in [0.05, 0.1) is 96.9 Å². The molecule has 0 amide bonds. The number of rotatable bonds is 6. The molecule has 0 unspecified atom stereocenters. The van der Waals surface area contributed by atoms with E-state index in [2.05, 4.69) is 24.3 Å². The quantitative estimate of drug-likeness (QED) is 0.165. The summed E-state index contributed by atoms with van der Waals surface area (Å²) in [5.41, 5.74) is 8.46. The maximum Gasteiger partial charge on any atom is 0.416 e. The molecule has 10 heteroatoms. The Hall–Kier alpha value is -9.74. The van der Waals surface area contributed by atoms with Crippen molar-refractivity contribution in [3.8, 4) is 80.4 Å². The minimum Gasteiger partial charge on any atom is -0.308 e. The van der Waals surface area contributed by atoms with Crippen LogP contribution in [0.15, 0.2) is 182 Å². The molecule has 8 aromatic carbocycles. The van der Waals surface area contributed by atoms with Gasteiger partial charge in [0.1, 0.15) is 0 Å². The van der Waals surface area contributed by atoms with Crippen LogP contribution in [0.3, 0.4) is 0 Å². The molecule has 318 valence electrons. The standard InChI is InChI=1S/C58H30F3N7/c59-58(60,61)42-29-55(67-51-15-6-4-11-45(51)47-27-38(19-23-53(47)67)43-21-17-35(31-62)25-40(43)33-64)57(50-14-8-13-49(66-50)37-9-2-1-3-10-37)56(30-42)68-52-16-7-5-12-46(52)48-28-39(20-24-54(48)68)44-22-18-36(32-63)26-41(44)34-65/h1-30H. The minimum atomic E-state index is -4.79. The van der Waals surface area contributed by atoms with Gasteiger partial charge in [0, 0.05) is 32.7 Å². The summed E-state index contributed by atoms with van der Waals surface area (Å²) < 4.78 is 50.9. The molecule has 0 aliphatic heterocycles. The first-order valence-electron chi connectivity index (χ1n) is 21.4. The molecule has 0 N–H and O–H groups in total. The van der Waals surface area contributed by atoms with Gasteiger partial charge in [0.25, 0.3) is 0 Å². The Labute approximate surface area is 386 Å². The summed E-state index contributed by atoms with van der Waals surface area (Å²) in [7, 11) is 0. The van der Waals surface area contributed by atoms with E-state index >= 15 is 13.2 Å². The lowest BCUT2D eigenvalue weighted by molar-refractivity contribution is -0.137. The third-order valence-electron chi connectivity index (χ3n) is 12.5. The highest BCUT2D eigenvalue weighted by molar-refractivity contribution is 6.13. The zero-order chi connectivity index (χ0) is 46.7. The first-order chi connectivity index (χ1) is 33.2. The van der Waals surface area contributed by atoms with Crippen LogP contribution in [0, 0.1) is 45.3 Å². The van der Waals surface area contributed by atoms with Gasteiger partial charge in [-0.25, -0.2) is 4.98 Å². The largest absolute Gasteiger partial charge is 0.416 e. The van der Waals surface area contributed by atoms with E-state index in [0.29, 0.717) is 83.5 Å². The van der Waals surface area contributed by atoms with Gasteiger partial charge in [0.2, 0.25) is 0 Å². The predicted octanol–water partition coefficient (Wildman–Crippen LogP) is 14.4. The molecule has 0 aliphatic rings. The molecule has 3 heterocycles. The van der Waals surface area contributed by atoms with E-state index in [1.165, 1.54) is 12.1 Å². The molecule has 11 aromatic rings. The number of halogens is 3. The van der Waals surface area contributed by atoms with Gasteiger partial charge in [-0.3, -0.25) is 0 Å². The third-order valence-corrected chi connectivity index (χ3v) is 12.5. The number of aromatic nitrogens is 3. The number of hydrogen-bond donors (Lipinski definition) is 0. The van der Waals surface area contributed by atoms with Gasteiger partial charge in [-0.15, -0.1) is 0 Å². The fraction of sp³-hybridized carbons (Fsp3) is 0.0172. The third kappa shape index (κ3) is 6.69. The van der Waals surface area contributed by atoms with Gasteiger partial charge in [-0.1, -0.05) is 97.1 Å². The lowest BCUT2D eigenvalue weighted by Gasteiger charge is -2.22. The van der Waals surface area contributed by atoms with Crippen molar-refractivity contribution >= 4 is 43.6 Å². The van der Waals surface area contributed by atoms with Crippen LogP contribution in [0.1, 0.15) is 27.8 Å². The van der Waals surface area contributed by atoms with Crippen molar-refractivity contribution in [2.75, 3.05) is 0 Å². The molecule has 3 aromatic heterocycles. The molecule has 0 aliphatic carbocycles. The predicted molar refractivity (Wildman–Crippen MR) is 259 cm³/mol. The van der Waals surface area contributed by atoms with Crippen LogP contribution >= 0.6 is 0 Å². The summed E-state index contributed by atoms with van der Waals surface area (Å²) in [5.74, 6) is 0. The molecule has 7 nitrogen and oxygen atoms in total. The van der Waals surface area contributed by atoms with E-state index in [0.717, 1.165) is 27.1 Å². The lowest BCUT2D eigenvalue weighted by Crippen LogP contribution is -2.11. The first kappa shape index (κ1) is 41.0. The Morgan fingerprint density at radius 2 is 0.868 bits per heavy atom. The van der Waals surface area contributed by atoms with Crippen LogP contribution in [0.2, 0.25) is 0 Å². The van der Waals surface area contributed by atoms with E-state index in [-0.39, 0.29) is 11.4 Å². The maximum absolute atomic E-state index is 15.7. The first-order valence-corrected chi connectivity index (χ1v) is 21.4. The Kier molecular flexibility index (Phi) is 9.68. The molecular formula is C58H30F3N7. The fourth-order valence-corrected chi connectivity index (χ4v) is 9.45. The second-order valence-corrected chi connectivity index (χ2v) is 16.3. The smallest absolute Gasteiger partial charge is 0.308 e. The molecule has 68 heavy (non-hydrogen) atoms. The topological polar surface area (TPSA) is 118 Å². The summed E-state index contributed by atoms with van der Waals surface area (Å²) in [6.07, 6.45) is -4.79. The van der Waals surface area contributed by atoms with Gasteiger partial charge in [0.15, 0.2) is 0 Å². The summed E-state index contributed by atoms with van der Waals surface area (Å²) in [4.78, 5) is 5.23. The highest BCUT2D eigenvalue weighted by Gasteiger charge is 2.35. The minimum absolute atomic E-state index is 0.237. The molecule has 0 fully saturated rings. The number of para-hydroxylation sites is 2. The van der Waals surface area contributed by atoms with Crippen molar-refractivity contribution in [2.45, 2.75) is 6.18 Å². The molecule has 11 rings (SSSR count). The van der Waals surface area contributed by atoms with Crippen molar-refractivity contribution in [3.05, 3.63) is 210 Å².